The lowest BCUT2D eigenvalue weighted by molar-refractivity contribution is 0.112. The molecule has 4 rings (SSSR count). The monoisotopic (exact) mass is 478 g/mol. The van der Waals surface area contributed by atoms with Gasteiger partial charge in [-0.1, -0.05) is 11.2 Å². The number of thiophene rings is 1. The Balaban J connectivity index is 1.29. The molecule has 0 spiro atoms. The van der Waals surface area contributed by atoms with Gasteiger partial charge in [-0.2, -0.15) is 4.98 Å². The number of piperazine rings is 1. The number of methoxy groups -OCH3 is 2. The van der Waals surface area contributed by atoms with Gasteiger partial charge in [0.1, 0.15) is 0 Å². The summed E-state index contributed by atoms with van der Waals surface area (Å²) in [5.74, 6) is 2.85. The molecule has 1 aliphatic rings. The number of hydrogen-bond donors (Lipinski definition) is 0. The highest BCUT2D eigenvalue weighted by molar-refractivity contribution is 9.10. The van der Waals surface area contributed by atoms with Crippen molar-refractivity contribution in [3.8, 4) is 22.2 Å². The van der Waals surface area contributed by atoms with Crippen molar-refractivity contribution in [2.45, 2.75) is 13.1 Å². The number of ether oxygens (including phenoxy) is 2. The first-order chi connectivity index (χ1) is 14.1. The van der Waals surface area contributed by atoms with Crippen LogP contribution in [-0.2, 0) is 13.1 Å². The maximum Gasteiger partial charge on any atom is 0.241 e. The maximum absolute atomic E-state index is 5.45. The lowest BCUT2D eigenvalue weighted by atomic mass is 10.1. The highest BCUT2D eigenvalue weighted by Gasteiger charge is 2.20. The van der Waals surface area contributed by atoms with E-state index in [2.05, 4.69) is 41.9 Å². The zero-order chi connectivity index (χ0) is 20.2. The lowest BCUT2D eigenvalue weighted by Gasteiger charge is -2.34. The Morgan fingerprint density at radius 3 is 2.41 bits per heavy atom. The zero-order valence-electron chi connectivity index (χ0n) is 16.4. The van der Waals surface area contributed by atoms with Crippen molar-refractivity contribution in [1.29, 1.82) is 0 Å². The van der Waals surface area contributed by atoms with Crippen molar-refractivity contribution in [2.24, 2.45) is 0 Å². The topological polar surface area (TPSA) is 63.9 Å². The fraction of sp³-hybridized carbons (Fsp3) is 0.400. The number of rotatable bonds is 7. The van der Waals surface area contributed by atoms with E-state index in [0.29, 0.717) is 18.3 Å². The largest absolute Gasteiger partial charge is 0.493 e. The van der Waals surface area contributed by atoms with E-state index in [9.17, 15) is 0 Å². The molecular weight excluding hydrogens is 456 g/mol. The third-order valence-electron chi connectivity index (χ3n) is 4.93. The summed E-state index contributed by atoms with van der Waals surface area (Å²) in [6, 6.07) is 8.11. The van der Waals surface area contributed by atoms with E-state index in [1.165, 1.54) is 5.56 Å². The van der Waals surface area contributed by atoms with Crippen molar-refractivity contribution < 1.29 is 14.0 Å². The van der Waals surface area contributed by atoms with Gasteiger partial charge in [0.2, 0.25) is 11.7 Å². The van der Waals surface area contributed by atoms with Crippen molar-refractivity contribution in [3.05, 3.63) is 45.6 Å². The Kier molecular flexibility index (Phi) is 6.49. The van der Waals surface area contributed by atoms with E-state index in [-0.39, 0.29) is 0 Å². The van der Waals surface area contributed by atoms with Crippen molar-refractivity contribution in [2.75, 3.05) is 40.4 Å². The second-order valence-corrected chi connectivity index (χ2v) is 8.71. The molecule has 1 fully saturated rings. The van der Waals surface area contributed by atoms with Gasteiger partial charge in [0, 0.05) is 42.6 Å². The van der Waals surface area contributed by atoms with Crippen molar-refractivity contribution >= 4 is 27.3 Å². The maximum atomic E-state index is 5.45. The number of nitrogens with zero attached hydrogens (tertiary/aromatic N) is 4. The number of hydrogen-bond acceptors (Lipinski definition) is 8. The van der Waals surface area contributed by atoms with Gasteiger partial charge < -0.3 is 14.0 Å². The highest BCUT2D eigenvalue weighted by Crippen LogP contribution is 2.29. The second-order valence-electron chi connectivity index (χ2n) is 6.88. The first kappa shape index (κ1) is 20.3. The molecule has 0 amide bonds. The molecule has 1 aliphatic heterocycles. The van der Waals surface area contributed by atoms with Crippen LogP contribution < -0.4 is 9.47 Å². The van der Waals surface area contributed by atoms with Crippen LogP contribution in [0.3, 0.4) is 0 Å². The molecule has 0 saturated carbocycles. The van der Waals surface area contributed by atoms with E-state index in [1.807, 2.05) is 23.6 Å². The summed E-state index contributed by atoms with van der Waals surface area (Å²) in [7, 11) is 3.32. The van der Waals surface area contributed by atoms with E-state index in [0.717, 1.165) is 53.6 Å². The minimum absolute atomic E-state index is 0.655. The molecule has 3 heterocycles. The Morgan fingerprint density at radius 1 is 1.03 bits per heavy atom. The first-order valence-electron chi connectivity index (χ1n) is 9.37. The molecule has 1 aromatic carbocycles. The summed E-state index contributed by atoms with van der Waals surface area (Å²) in [6.45, 7) is 5.50. The van der Waals surface area contributed by atoms with Crippen LogP contribution in [0, 0.1) is 0 Å². The molecule has 2 aromatic heterocycles. The fourth-order valence-electron chi connectivity index (χ4n) is 3.38. The van der Waals surface area contributed by atoms with Crippen LogP contribution in [0.2, 0.25) is 0 Å². The third-order valence-corrected chi connectivity index (χ3v) is 6.62. The molecule has 7 nitrogen and oxygen atoms in total. The SMILES string of the molecule is COc1ccc(CN2CCN(Cc3nc(-c4cc(Br)cs4)no3)CC2)cc1OC. The van der Waals surface area contributed by atoms with E-state index in [4.69, 9.17) is 14.0 Å². The van der Waals surface area contributed by atoms with Gasteiger partial charge in [-0.15, -0.1) is 11.3 Å². The summed E-state index contributed by atoms with van der Waals surface area (Å²) in [5.41, 5.74) is 1.22. The van der Waals surface area contributed by atoms with Crippen LogP contribution in [0.15, 0.2) is 38.6 Å². The molecular formula is C20H23BrN4O3S. The summed E-state index contributed by atoms with van der Waals surface area (Å²) in [5, 5.41) is 6.13. The summed E-state index contributed by atoms with van der Waals surface area (Å²) >= 11 is 5.06. The second kappa shape index (κ2) is 9.25. The average Bonchev–Trinajstić information content (AvgIpc) is 3.38. The number of halogens is 1. The Morgan fingerprint density at radius 2 is 1.76 bits per heavy atom. The van der Waals surface area contributed by atoms with Gasteiger partial charge in [-0.05, 0) is 39.7 Å². The molecule has 1 saturated heterocycles. The van der Waals surface area contributed by atoms with Gasteiger partial charge in [-0.3, -0.25) is 9.80 Å². The quantitative estimate of drug-likeness (QED) is 0.510. The molecule has 0 unspecified atom stereocenters. The molecule has 0 radical (unpaired) electrons. The minimum atomic E-state index is 0.655. The molecule has 3 aromatic rings. The third kappa shape index (κ3) is 4.98. The summed E-state index contributed by atoms with van der Waals surface area (Å²) < 4.78 is 17.2. The minimum Gasteiger partial charge on any atom is -0.493 e. The van der Waals surface area contributed by atoms with Crippen LogP contribution in [0.4, 0.5) is 0 Å². The Hall–Kier alpha value is -1.94. The average molecular weight is 479 g/mol. The van der Waals surface area contributed by atoms with Gasteiger partial charge in [0.15, 0.2) is 11.5 Å². The summed E-state index contributed by atoms with van der Waals surface area (Å²) in [6.07, 6.45) is 0. The fourth-order valence-corrected chi connectivity index (χ4v) is 4.74. The Bertz CT molecular complexity index is 953. The smallest absolute Gasteiger partial charge is 0.241 e. The normalized spacial score (nSPS) is 15.6. The van der Waals surface area contributed by atoms with Gasteiger partial charge >= 0.3 is 0 Å². The first-order valence-corrected chi connectivity index (χ1v) is 11.0. The number of aromatic nitrogens is 2. The van der Waals surface area contributed by atoms with Crippen LogP contribution >= 0.6 is 27.3 Å². The van der Waals surface area contributed by atoms with Gasteiger partial charge in [-0.25, -0.2) is 0 Å². The predicted octanol–water partition coefficient (Wildman–Crippen LogP) is 3.90. The van der Waals surface area contributed by atoms with Crippen LogP contribution in [-0.4, -0.2) is 60.3 Å². The highest BCUT2D eigenvalue weighted by atomic mass is 79.9. The number of benzene rings is 1. The zero-order valence-corrected chi connectivity index (χ0v) is 18.8. The molecule has 0 atom stereocenters. The van der Waals surface area contributed by atoms with Gasteiger partial charge in [0.25, 0.3) is 0 Å². The van der Waals surface area contributed by atoms with Crippen LogP contribution in [0.25, 0.3) is 10.7 Å². The molecule has 0 bridgehead atoms. The van der Waals surface area contributed by atoms with Crippen LogP contribution in [0.1, 0.15) is 11.5 Å². The molecule has 9 heteroatoms. The van der Waals surface area contributed by atoms with Crippen molar-refractivity contribution in [3.63, 3.8) is 0 Å². The Labute approximate surface area is 182 Å². The van der Waals surface area contributed by atoms with E-state index >= 15 is 0 Å². The van der Waals surface area contributed by atoms with Crippen molar-refractivity contribution in [1.82, 2.24) is 19.9 Å². The lowest BCUT2D eigenvalue weighted by Crippen LogP contribution is -2.45. The van der Waals surface area contributed by atoms with E-state index in [1.54, 1.807) is 25.6 Å². The van der Waals surface area contributed by atoms with E-state index < -0.39 is 0 Å². The molecule has 29 heavy (non-hydrogen) atoms. The molecule has 0 aliphatic carbocycles. The summed E-state index contributed by atoms with van der Waals surface area (Å²) in [4.78, 5) is 10.3. The predicted molar refractivity (Wildman–Crippen MR) is 115 cm³/mol. The van der Waals surface area contributed by atoms with Crippen LogP contribution in [0.5, 0.6) is 11.5 Å². The van der Waals surface area contributed by atoms with Gasteiger partial charge in [0.05, 0.1) is 25.6 Å². The molecule has 0 N–H and O–H groups in total. The molecule has 154 valence electrons. The standard InChI is InChI=1S/C20H23BrN4O3S/c1-26-16-4-3-14(9-17(16)27-2)11-24-5-7-25(8-6-24)12-19-22-20(23-28-19)18-10-15(21)13-29-18/h3-4,9-10,13H,5-8,11-12H2,1-2H3.